The molecule has 0 radical (unpaired) electrons. The van der Waals surface area contributed by atoms with E-state index in [1.165, 1.54) is 12.1 Å². The molecule has 1 N–H and O–H groups in total. The van der Waals surface area contributed by atoms with Crippen molar-refractivity contribution in [3.8, 4) is 0 Å². The van der Waals surface area contributed by atoms with Crippen LogP contribution >= 0.6 is 0 Å². The number of sulfone groups is 1. The van der Waals surface area contributed by atoms with Crippen LogP contribution in [0.15, 0.2) is 29.2 Å². The molecule has 0 amide bonds. The Hall–Kier alpha value is -2.22. The first-order chi connectivity index (χ1) is 10.1. The van der Waals surface area contributed by atoms with Crippen LogP contribution in [0.1, 0.15) is 18.1 Å². The molecule has 0 aliphatic rings. The second-order valence-corrected chi connectivity index (χ2v) is 6.44. The van der Waals surface area contributed by atoms with Gasteiger partial charge in [-0.05, 0) is 24.1 Å². The normalized spacial score (nSPS) is 11.6. The first-order valence-corrected chi connectivity index (χ1v) is 8.13. The third kappa shape index (κ3) is 4.96. The van der Waals surface area contributed by atoms with E-state index in [0.717, 1.165) is 6.26 Å². The zero-order valence-corrected chi connectivity index (χ0v) is 12.8. The predicted octanol–water partition coefficient (Wildman–Crippen LogP) is 1.48. The molecule has 0 fully saturated rings. The third-order valence-electron chi connectivity index (χ3n) is 2.74. The second kappa shape index (κ2) is 7.17. The Morgan fingerprint density at radius 1 is 1.32 bits per heavy atom. The van der Waals surface area contributed by atoms with Gasteiger partial charge in [-0.25, -0.2) is 22.4 Å². The SMILES string of the molecule is CCc1cc(F)c(COC(=O)/C=C/C(=O)O)c(S(C)(=O)=O)c1. The Morgan fingerprint density at radius 2 is 1.95 bits per heavy atom. The summed E-state index contributed by atoms with van der Waals surface area (Å²) in [5, 5.41) is 8.37. The molecule has 0 saturated heterocycles. The summed E-state index contributed by atoms with van der Waals surface area (Å²) in [6.45, 7) is 1.14. The van der Waals surface area contributed by atoms with Crippen molar-refractivity contribution < 1.29 is 32.2 Å². The van der Waals surface area contributed by atoms with Crippen LogP contribution in [0.4, 0.5) is 4.39 Å². The minimum atomic E-state index is -3.71. The second-order valence-electron chi connectivity index (χ2n) is 4.46. The van der Waals surface area contributed by atoms with Crippen LogP contribution in [0.3, 0.4) is 0 Å². The number of aryl methyl sites for hydroxylation is 1. The molecule has 6 nitrogen and oxygen atoms in total. The lowest BCUT2D eigenvalue weighted by molar-refractivity contribution is -0.140. The fraction of sp³-hybridized carbons (Fsp3) is 0.286. The molecule has 0 saturated carbocycles. The van der Waals surface area contributed by atoms with E-state index in [1.54, 1.807) is 6.92 Å². The zero-order chi connectivity index (χ0) is 16.9. The van der Waals surface area contributed by atoms with Gasteiger partial charge in [0.1, 0.15) is 12.4 Å². The molecule has 0 aliphatic carbocycles. The van der Waals surface area contributed by atoms with Gasteiger partial charge in [-0.1, -0.05) is 6.92 Å². The zero-order valence-electron chi connectivity index (χ0n) is 12.0. The summed E-state index contributed by atoms with van der Waals surface area (Å²) >= 11 is 0. The van der Waals surface area contributed by atoms with Crippen molar-refractivity contribution in [2.45, 2.75) is 24.8 Å². The number of hydrogen-bond acceptors (Lipinski definition) is 5. The molecular weight excluding hydrogens is 315 g/mol. The quantitative estimate of drug-likeness (QED) is 0.627. The van der Waals surface area contributed by atoms with E-state index in [0.29, 0.717) is 24.1 Å². The van der Waals surface area contributed by atoms with Crippen molar-refractivity contribution in [2.75, 3.05) is 6.26 Å². The highest BCUT2D eigenvalue weighted by Gasteiger charge is 2.19. The number of rotatable bonds is 6. The highest BCUT2D eigenvalue weighted by atomic mass is 32.2. The molecule has 0 spiro atoms. The highest BCUT2D eigenvalue weighted by Crippen LogP contribution is 2.23. The molecule has 0 aromatic heterocycles. The number of benzene rings is 1. The van der Waals surface area contributed by atoms with Gasteiger partial charge in [-0.3, -0.25) is 0 Å². The summed E-state index contributed by atoms with van der Waals surface area (Å²) in [6, 6.07) is 2.50. The van der Waals surface area contributed by atoms with Crippen molar-refractivity contribution in [3.05, 3.63) is 41.2 Å². The standard InChI is InChI=1S/C14H15FO6S/c1-3-9-6-11(15)10(12(7-9)22(2,19)20)8-21-14(18)5-4-13(16)17/h4-7H,3,8H2,1-2H3,(H,16,17)/b5-4+. The van der Waals surface area contributed by atoms with Crippen molar-refractivity contribution in [1.82, 2.24) is 0 Å². The minimum Gasteiger partial charge on any atom is -0.478 e. The molecule has 8 heteroatoms. The molecule has 0 atom stereocenters. The molecule has 22 heavy (non-hydrogen) atoms. The van der Waals surface area contributed by atoms with Gasteiger partial charge in [0.15, 0.2) is 9.84 Å². The molecule has 120 valence electrons. The number of carbonyl (C=O) groups is 2. The number of carbonyl (C=O) groups excluding carboxylic acids is 1. The van der Waals surface area contributed by atoms with Crippen LogP contribution in [0.25, 0.3) is 0 Å². The molecule has 1 rings (SSSR count). The first kappa shape index (κ1) is 17.8. The fourth-order valence-electron chi connectivity index (χ4n) is 1.67. The van der Waals surface area contributed by atoms with Crippen LogP contribution in [-0.4, -0.2) is 31.7 Å². The Bertz CT molecular complexity index is 721. The molecule has 0 bridgehead atoms. The summed E-state index contributed by atoms with van der Waals surface area (Å²) < 4.78 is 42.2. The van der Waals surface area contributed by atoms with E-state index in [4.69, 9.17) is 5.11 Å². The van der Waals surface area contributed by atoms with Gasteiger partial charge < -0.3 is 9.84 Å². The van der Waals surface area contributed by atoms with Crippen molar-refractivity contribution in [3.63, 3.8) is 0 Å². The highest BCUT2D eigenvalue weighted by molar-refractivity contribution is 7.90. The van der Waals surface area contributed by atoms with Gasteiger partial charge in [0.25, 0.3) is 0 Å². The van der Waals surface area contributed by atoms with E-state index in [1.807, 2.05) is 0 Å². The lowest BCUT2D eigenvalue weighted by Gasteiger charge is -2.11. The maximum Gasteiger partial charge on any atom is 0.331 e. The average molecular weight is 330 g/mol. The summed E-state index contributed by atoms with van der Waals surface area (Å²) in [4.78, 5) is 21.3. The van der Waals surface area contributed by atoms with E-state index in [9.17, 15) is 22.4 Å². The summed E-state index contributed by atoms with van der Waals surface area (Å²) in [5.74, 6) is -3.15. The van der Waals surface area contributed by atoms with Gasteiger partial charge in [0.2, 0.25) is 0 Å². The van der Waals surface area contributed by atoms with E-state index in [-0.39, 0.29) is 10.5 Å². The van der Waals surface area contributed by atoms with Gasteiger partial charge >= 0.3 is 11.9 Å². The summed E-state index contributed by atoms with van der Waals surface area (Å²) in [7, 11) is -3.71. The largest absolute Gasteiger partial charge is 0.478 e. The Morgan fingerprint density at radius 3 is 2.45 bits per heavy atom. The van der Waals surface area contributed by atoms with E-state index in [2.05, 4.69) is 4.74 Å². The van der Waals surface area contributed by atoms with Crippen LogP contribution in [0, 0.1) is 5.82 Å². The maximum atomic E-state index is 14.0. The van der Waals surface area contributed by atoms with Crippen molar-refractivity contribution in [2.24, 2.45) is 0 Å². The molecule has 1 aromatic carbocycles. The van der Waals surface area contributed by atoms with Gasteiger partial charge in [0.05, 0.1) is 4.90 Å². The predicted molar refractivity (Wildman–Crippen MR) is 75.5 cm³/mol. The summed E-state index contributed by atoms with van der Waals surface area (Å²) in [5.41, 5.74) is 0.232. The smallest absolute Gasteiger partial charge is 0.331 e. The molecule has 0 unspecified atom stereocenters. The van der Waals surface area contributed by atoms with Crippen LogP contribution < -0.4 is 0 Å². The topological polar surface area (TPSA) is 97.7 Å². The maximum absolute atomic E-state index is 14.0. The molecule has 1 aromatic rings. The van der Waals surface area contributed by atoms with E-state index < -0.39 is 34.2 Å². The third-order valence-corrected chi connectivity index (χ3v) is 3.91. The lowest BCUT2D eigenvalue weighted by Crippen LogP contribution is -2.10. The Kier molecular flexibility index (Phi) is 5.81. The number of hydrogen-bond donors (Lipinski definition) is 1. The first-order valence-electron chi connectivity index (χ1n) is 6.24. The van der Waals surface area contributed by atoms with Crippen molar-refractivity contribution >= 4 is 21.8 Å². The number of halogens is 1. The monoisotopic (exact) mass is 330 g/mol. The van der Waals surface area contributed by atoms with Gasteiger partial charge in [-0.15, -0.1) is 0 Å². The van der Waals surface area contributed by atoms with Crippen molar-refractivity contribution in [1.29, 1.82) is 0 Å². The van der Waals surface area contributed by atoms with Crippen LogP contribution in [-0.2, 0) is 37.2 Å². The number of ether oxygens (including phenoxy) is 1. The van der Waals surface area contributed by atoms with Gasteiger partial charge in [0, 0.05) is 24.0 Å². The molecular formula is C14H15FO6S. The van der Waals surface area contributed by atoms with Crippen LogP contribution in [0.2, 0.25) is 0 Å². The molecule has 0 aliphatic heterocycles. The van der Waals surface area contributed by atoms with Gasteiger partial charge in [-0.2, -0.15) is 0 Å². The Labute approximate surface area is 127 Å². The minimum absolute atomic E-state index is 0.251. The summed E-state index contributed by atoms with van der Waals surface area (Å²) in [6.07, 6.45) is 2.59. The number of carboxylic acid groups (broad SMARTS) is 1. The van der Waals surface area contributed by atoms with E-state index >= 15 is 0 Å². The Balaban J connectivity index is 3.09. The average Bonchev–Trinajstić information content (AvgIpc) is 2.41. The number of esters is 1. The fourth-order valence-corrected chi connectivity index (χ4v) is 2.64. The number of carboxylic acids is 1. The molecule has 0 heterocycles. The van der Waals surface area contributed by atoms with Crippen LogP contribution in [0.5, 0.6) is 0 Å². The lowest BCUT2D eigenvalue weighted by atomic mass is 10.1. The number of aliphatic carboxylic acids is 1.